The summed E-state index contributed by atoms with van der Waals surface area (Å²) in [5.41, 5.74) is 0.697. The van der Waals surface area contributed by atoms with Crippen LogP contribution in [0.1, 0.15) is 44.9 Å². The van der Waals surface area contributed by atoms with E-state index in [2.05, 4.69) is 4.90 Å². The van der Waals surface area contributed by atoms with Crippen molar-refractivity contribution in [3.63, 3.8) is 0 Å². The second kappa shape index (κ2) is 6.88. The van der Waals surface area contributed by atoms with Gasteiger partial charge in [0.25, 0.3) is 0 Å². The molecule has 21 heavy (non-hydrogen) atoms. The van der Waals surface area contributed by atoms with Crippen molar-refractivity contribution >= 4 is 11.7 Å². The first-order valence-corrected chi connectivity index (χ1v) is 8.34. The number of esters is 1. The highest BCUT2D eigenvalue weighted by atomic mass is 16.6. The van der Waals surface area contributed by atoms with E-state index in [0.29, 0.717) is 6.42 Å². The van der Waals surface area contributed by atoms with E-state index in [1.54, 1.807) is 0 Å². The second-order valence-electron chi connectivity index (χ2n) is 6.34. The number of hydrogen-bond acceptors (Lipinski definition) is 5. The zero-order valence-electron chi connectivity index (χ0n) is 12.8. The first-order valence-electron chi connectivity index (χ1n) is 8.34. The van der Waals surface area contributed by atoms with E-state index in [4.69, 9.17) is 14.5 Å². The van der Waals surface area contributed by atoms with Crippen LogP contribution in [0.5, 0.6) is 0 Å². The Hall–Kier alpha value is -0.940. The van der Waals surface area contributed by atoms with Gasteiger partial charge in [0, 0.05) is 26.2 Å². The van der Waals surface area contributed by atoms with Crippen molar-refractivity contribution in [2.75, 3.05) is 39.4 Å². The van der Waals surface area contributed by atoms with Crippen LogP contribution in [0.15, 0.2) is 4.99 Å². The summed E-state index contributed by atoms with van der Waals surface area (Å²) in [6, 6.07) is 0. The summed E-state index contributed by atoms with van der Waals surface area (Å²) in [5.74, 6) is -0.0798. The first-order chi connectivity index (χ1) is 10.3. The van der Waals surface area contributed by atoms with E-state index >= 15 is 0 Å². The van der Waals surface area contributed by atoms with Gasteiger partial charge in [-0.25, -0.2) is 0 Å². The quantitative estimate of drug-likeness (QED) is 0.586. The molecular weight excluding hydrogens is 268 g/mol. The third-order valence-electron chi connectivity index (χ3n) is 4.85. The van der Waals surface area contributed by atoms with Gasteiger partial charge in [-0.05, 0) is 32.1 Å². The molecule has 0 bridgehead atoms. The lowest BCUT2D eigenvalue weighted by Gasteiger charge is -2.32. The van der Waals surface area contributed by atoms with E-state index in [1.165, 1.54) is 6.42 Å². The Morgan fingerprint density at radius 2 is 1.90 bits per heavy atom. The molecule has 1 aliphatic carbocycles. The van der Waals surface area contributed by atoms with Crippen LogP contribution in [-0.4, -0.2) is 61.6 Å². The van der Waals surface area contributed by atoms with Gasteiger partial charge in [-0.3, -0.25) is 14.7 Å². The Labute approximate surface area is 126 Å². The van der Waals surface area contributed by atoms with E-state index in [0.717, 1.165) is 77.2 Å². The maximum absolute atomic E-state index is 11.7. The van der Waals surface area contributed by atoms with Gasteiger partial charge >= 0.3 is 5.97 Å². The van der Waals surface area contributed by atoms with E-state index in [9.17, 15) is 4.79 Å². The molecule has 0 aromatic heterocycles. The summed E-state index contributed by atoms with van der Waals surface area (Å²) in [6.45, 7) is 5.64. The zero-order valence-corrected chi connectivity index (χ0v) is 12.8. The van der Waals surface area contributed by atoms with Gasteiger partial charge in [-0.2, -0.15) is 0 Å². The SMILES string of the molecule is O=C1CC(=NCCCN2CCOCC2)C2(CCCCC2)O1. The van der Waals surface area contributed by atoms with Crippen LogP contribution >= 0.6 is 0 Å². The van der Waals surface area contributed by atoms with E-state index in [1.807, 2.05) is 0 Å². The topological polar surface area (TPSA) is 51.1 Å². The van der Waals surface area contributed by atoms with Gasteiger partial charge in [-0.1, -0.05) is 6.42 Å². The van der Waals surface area contributed by atoms with Crippen LogP contribution in [0.25, 0.3) is 0 Å². The molecule has 0 unspecified atom stereocenters. The lowest BCUT2D eigenvalue weighted by Crippen LogP contribution is -2.38. The van der Waals surface area contributed by atoms with Gasteiger partial charge in [-0.15, -0.1) is 0 Å². The average molecular weight is 294 g/mol. The first kappa shape index (κ1) is 15.0. The smallest absolute Gasteiger partial charge is 0.312 e. The molecule has 1 saturated carbocycles. The monoisotopic (exact) mass is 294 g/mol. The number of carbonyl (C=O) groups is 1. The van der Waals surface area contributed by atoms with Gasteiger partial charge in [0.05, 0.1) is 25.3 Å². The lowest BCUT2D eigenvalue weighted by atomic mass is 9.81. The van der Waals surface area contributed by atoms with Crippen LogP contribution in [0, 0.1) is 0 Å². The zero-order chi connectivity index (χ0) is 14.5. The molecule has 0 N–H and O–H groups in total. The standard InChI is InChI=1S/C16H26N2O3/c19-15-13-14(16(21-15)5-2-1-3-6-16)17-7-4-8-18-9-11-20-12-10-18/h1-13H2. The number of morpholine rings is 1. The second-order valence-corrected chi connectivity index (χ2v) is 6.34. The maximum atomic E-state index is 11.7. The minimum Gasteiger partial charge on any atom is -0.453 e. The molecule has 0 amide bonds. The molecule has 5 heteroatoms. The Bertz CT molecular complexity index is 396. The molecule has 0 radical (unpaired) electrons. The van der Waals surface area contributed by atoms with Crippen molar-refractivity contribution in [3.8, 4) is 0 Å². The summed E-state index contributed by atoms with van der Waals surface area (Å²) in [4.78, 5) is 18.9. The number of rotatable bonds is 4. The molecule has 118 valence electrons. The number of carbonyl (C=O) groups excluding carboxylic acids is 1. The van der Waals surface area contributed by atoms with Gasteiger partial charge in [0.2, 0.25) is 0 Å². The molecule has 0 aromatic rings. The van der Waals surface area contributed by atoms with Crippen LogP contribution < -0.4 is 0 Å². The van der Waals surface area contributed by atoms with Crippen LogP contribution in [0.2, 0.25) is 0 Å². The third-order valence-corrected chi connectivity index (χ3v) is 4.85. The average Bonchev–Trinajstić information content (AvgIpc) is 2.81. The fourth-order valence-electron chi connectivity index (χ4n) is 3.66. The van der Waals surface area contributed by atoms with Crippen LogP contribution in [0.3, 0.4) is 0 Å². The number of aliphatic imine (C=N–C) groups is 1. The van der Waals surface area contributed by atoms with Crippen molar-refractivity contribution < 1.29 is 14.3 Å². The fourth-order valence-corrected chi connectivity index (χ4v) is 3.66. The van der Waals surface area contributed by atoms with Crippen molar-refractivity contribution in [3.05, 3.63) is 0 Å². The molecule has 3 fully saturated rings. The van der Waals surface area contributed by atoms with Gasteiger partial charge < -0.3 is 9.47 Å². The molecule has 2 aliphatic heterocycles. The molecule has 2 heterocycles. The minimum atomic E-state index is -0.325. The van der Waals surface area contributed by atoms with E-state index in [-0.39, 0.29) is 11.6 Å². The highest BCUT2D eigenvalue weighted by molar-refractivity contribution is 6.09. The summed E-state index contributed by atoms with van der Waals surface area (Å²) in [6.07, 6.45) is 6.97. The Morgan fingerprint density at radius 1 is 1.14 bits per heavy atom. The summed E-state index contributed by atoms with van der Waals surface area (Å²) >= 11 is 0. The highest BCUT2D eigenvalue weighted by Gasteiger charge is 2.46. The van der Waals surface area contributed by atoms with Crippen molar-refractivity contribution in [2.45, 2.75) is 50.5 Å². The molecule has 3 rings (SSSR count). The Kier molecular flexibility index (Phi) is 4.91. The molecule has 1 spiro atoms. The van der Waals surface area contributed by atoms with Crippen molar-refractivity contribution in [1.82, 2.24) is 4.90 Å². The normalized spacial score (nSPS) is 28.2. The largest absolute Gasteiger partial charge is 0.453 e. The predicted molar refractivity (Wildman–Crippen MR) is 80.7 cm³/mol. The lowest BCUT2D eigenvalue weighted by molar-refractivity contribution is -0.148. The van der Waals surface area contributed by atoms with Crippen molar-refractivity contribution in [1.29, 1.82) is 0 Å². The molecule has 0 aromatic carbocycles. The van der Waals surface area contributed by atoms with Crippen molar-refractivity contribution in [2.24, 2.45) is 4.99 Å². The number of hydrogen-bond donors (Lipinski definition) is 0. The fraction of sp³-hybridized carbons (Fsp3) is 0.875. The molecule has 2 saturated heterocycles. The van der Waals surface area contributed by atoms with E-state index < -0.39 is 0 Å². The maximum Gasteiger partial charge on any atom is 0.312 e. The molecule has 0 atom stereocenters. The predicted octanol–water partition coefficient (Wildman–Crippen LogP) is 1.80. The minimum absolute atomic E-state index is 0.0798. The highest BCUT2D eigenvalue weighted by Crippen LogP contribution is 2.38. The van der Waals surface area contributed by atoms with Crippen LogP contribution in [0.4, 0.5) is 0 Å². The number of ether oxygens (including phenoxy) is 2. The Balaban J connectivity index is 1.50. The van der Waals surface area contributed by atoms with Crippen LogP contribution in [-0.2, 0) is 14.3 Å². The van der Waals surface area contributed by atoms with Gasteiger partial charge in [0.1, 0.15) is 0 Å². The summed E-state index contributed by atoms with van der Waals surface area (Å²) in [5, 5.41) is 0. The summed E-state index contributed by atoms with van der Waals surface area (Å²) < 4.78 is 11.0. The molecule has 5 nitrogen and oxygen atoms in total. The third kappa shape index (κ3) is 3.64. The molecular formula is C16H26N2O3. The Morgan fingerprint density at radius 3 is 2.67 bits per heavy atom. The summed E-state index contributed by atoms with van der Waals surface area (Å²) in [7, 11) is 0. The number of nitrogens with zero attached hydrogens (tertiary/aromatic N) is 2. The van der Waals surface area contributed by atoms with Gasteiger partial charge in [0.15, 0.2) is 5.60 Å². The molecule has 3 aliphatic rings.